The standard InChI is InChI=1S/C22H24F2N4O/c1-14(2)12-28-20(26-19-4-3-8-25-21(19)28)10-15-7-9-27(13-15)22(29)17-11-16(23)5-6-18(17)24/h3-6,8,11,14-15H,7,9-10,12-13H2,1-2H3/t15-/m1/s1. The summed E-state index contributed by atoms with van der Waals surface area (Å²) in [5, 5.41) is 0. The highest BCUT2D eigenvalue weighted by atomic mass is 19.1. The number of benzene rings is 1. The Morgan fingerprint density at radius 1 is 1.28 bits per heavy atom. The average molecular weight is 398 g/mol. The van der Waals surface area contributed by atoms with Crippen molar-refractivity contribution in [2.75, 3.05) is 13.1 Å². The first kappa shape index (κ1) is 19.5. The van der Waals surface area contributed by atoms with Gasteiger partial charge in [-0.3, -0.25) is 4.79 Å². The van der Waals surface area contributed by atoms with Crippen molar-refractivity contribution < 1.29 is 13.6 Å². The second-order valence-corrected chi connectivity index (χ2v) is 8.11. The Morgan fingerprint density at radius 3 is 2.90 bits per heavy atom. The van der Waals surface area contributed by atoms with Gasteiger partial charge >= 0.3 is 0 Å². The van der Waals surface area contributed by atoms with Crippen molar-refractivity contribution in [2.24, 2.45) is 11.8 Å². The summed E-state index contributed by atoms with van der Waals surface area (Å²) in [6.07, 6.45) is 3.30. The molecule has 7 heteroatoms. The van der Waals surface area contributed by atoms with Gasteiger partial charge in [-0.2, -0.15) is 0 Å². The maximum atomic E-state index is 14.0. The molecule has 1 aliphatic rings. The number of hydrogen-bond acceptors (Lipinski definition) is 3. The minimum Gasteiger partial charge on any atom is -0.338 e. The zero-order valence-electron chi connectivity index (χ0n) is 16.6. The zero-order chi connectivity index (χ0) is 20.5. The highest BCUT2D eigenvalue weighted by Gasteiger charge is 2.30. The summed E-state index contributed by atoms with van der Waals surface area (Å²) in [5.41, 5.74) is 1.54. The van der Waals surface area contributed by atoms with E-state index in [-0.39, 0.29) is 11.5 Å². The van der Waals surface area contributed by atoms with Gasteiger partial charge in [-0.05, 0) is 48.6 Å². The lowest BCUT2D eigenvalue weighted by Gasteiger charge is -2.17. The van der Waals surface area contributed by atoms with Gasteiger partial charge in [0, 0.05) is 32.3 Å². The predicted molar refractivity (Wildman–Crippen MR) is 106 cm³/mol. The van der Waals surface area contributed by atoms with Crippen LogP contribution in [0.1, 0.15) is 36.5 Å². The van der Waals surface area contributed by atoms with E-state index in [0.29, 0.717) is 19.0 Å². The summed E-state index contributed by atoms with van der Waals surface area (Å²) in [5.74, 6) is -0.125. The molecule has 3 heterocycles. The van der Waals surface area contributed by atoms with Crippen LogP contribution in [0.25, 0.3) is 11.2 Å². The molecule has 3 aromatic rings. The van der Waals surface area contributed by atoms with Gasteiger partial charge in [0.2, 0.25) is 0 Å². The fraction of sp³-hybridized carbons (Fsp3) is 0.409. The summed E-state index contributed by atoms with van der Waals surface area (Å²) in [4.78, 5) is 23.5. The van der Waals surface area contributed by atoms with Crippen molar-refractivity contribution in [2.45, 2.75) is 33.2 Å². The average Bonchev–Trinajstić information content (AvgIpc) is 3.28. The second-order valence-electron chi connectivity index (χ2n) is 8.11. The molecule has 0 radical (unpaired) electrons. The van der Waals surface area contributed by atoms with Crippen LogP contribution in [0, 0.1) is 23.5 Å². The Kier molecular flexibility index (Phi) is 5.30. The van der Waals surface area contributed by atoms with E-state index in [4.69, 9.17) is 4.98 Å². The summed E-state index contributed by atoms with van der Waals surface area (Å²) >= 11 is 0. The minimum absolute atomic E-state index is 0.207. The lowest BCUT2D eigenvalue weighted by Crippen LogP contribution is -2.30. The summed E-state index contributed by atoms with van der Waals surface area (Å²) < 4.78 is 29.6. The summed E-state index contributed by atoms with van der Waals surface area (Å²) in [6.45, 7) is 6.17. The number of rotatable bonds is 5. The monoisotopic (exact) mass is 398 g/mol. The fourth-order valence-corrected chi connectivity index (χ4v) is 3.99. The molecule has 5 nitrogen and oxygen atoms in total. The van der Waals surface area contributed by atoms with E-state index in [1.165, 1.54) is 0 Å². The van der Waals surface area contributed by atoms with Crippen molar-refractivity contribution >= 4 is 17.1 Å². The number of fused-ring (bicyclic) bond motifs is 1. The van der Waals surface area contributed by atoms with Crippen LogP contribution in [-0.4, -0.2) is 38.4 Å². The Morgan fingerprint density at radius 2 is 2.10 bits per heavy atom. The van der Waals surface area contributed by atoms with E-state index >= 15 is 0 Å². The summed E-state index contributed by atoms with van der Waals surface area (Å²) in [6, 6.07) is 6.82. The largest absolute Gasteiger partial charge is 0.338 e. The number of carbonyl (C=O) groups excluding carboxylic acids is 1. The van der Waals surface area contributed by atoms with E-state index in [9.17, 15) is 13.6 Å². The topological polar surface area (TPSA) is 51.0 Å². The number of likely N-dealkylation sites (tertiary alicyclic amines) is 1. The number of nitrogens with zero attached hydrogens (tertiary/aromatic N) is 4. The number of pyridine rings is 1. The van der Waals surface area contributed by atoms with Gasteiger partial charge in [-0.25, -0.2) is 18.7 Å². The van der Waals surface area contributed by atoms with Crippen LogP contribution < -0.4 is 0 Å². The van der Waals surface area contributed by atoms with Crippen LogP contribution >= 0.6 is 0 Å². The van der Waals surface area contributed by atoms with E-state index < -0.39 is 17.5 Å². The van der Waals surface area contributed by atoms with Gasteiger partial charge in [0.1, 0.15) is 23.0 Å². The molecule has 0 unspecified atom stereocenters. The molecule has 1 atom stereocenters. The molecule has 0 N–H and O–H groups in total. The molecular weight excluding hydrogens is 374 g/mol. The van der Waals surface area contributed by atoms with Crippen LogP contribution in [0.3, 0.4) is 0 Å². The summed E-state index contributed by atoms with van der Waals surface area (Å²) in [7, 11) is 0. The molecule has 0 bridgehead atoms. The highest BCUT2D eigenvalue weighted by molar-refractivity contribution is 5.94. The Balaban J connectivity index is 1.52. The van der Waals surface area contributed by atoms with Crippen molar-refractivity contribution in [3.05, 3.63) is 59.6 Å². The molecule has 2 aromatic heterocycles. The van der Waals surface area contributed by atoms with Crippen molar-refractivity contribution in [3.8, 4) is 0 Å². The Bertz CT molecular complexity index is 1050. The molecular formula is C22H24F2N4O. The zero-order valence-corrected chi connectivity index (χ0v) is 16.6. The van der Waals surface area contributed by atoms with Crippen molar-refractivity contribution in [1.29, 1.82) is 0 Å². The van der Waals surface area contributed by atoms with Gasteiger partial charge in [-0.1, -0.05) is 13.8 Å². The lowest BCUT2D eigenvalue weighted by atomic mass is 10.0. The Labute approximate surface area is 168 Å². The quantitative estimate of drug-likeness (QED) is 0.651. The predicted octanol–water partition coefficient (Wildman–Crippen LogP) is 4.07. The fourth-order valence-electron chi connectivity index (χ4n) is 3.99. The number of amides is 1. The van der Waals surface area contributed by atoms with Gasteiger partial charge in [0.25, 0.3) is 5.91 Å². The maximum Gasteiger partial charge on any atom is 0.256 e. The lowest BCUT2D eigenvalue weighted by molar-refractivity contribution is 0.0781. The SMILES string of the molecule is CC(C)Cn1c(C[C@H]2CCN(C(=O)c3cc(F)ccc3F)C2)nc2cccnc21. The van der Waals surface area contributed by atoms with E-state index in [1.807, 2.05) is 12.1 Å². The number of hydrogen-bond donors (Lipinski definition) is 0. The normalized spacial score (nSPS) is 16.9. The maximum absolute atomic E-state index is 14.0. The number of imidazole rings is 1. The van der Waals surface area contributed by atoms with Crippen molar-refractivity contribution in [1.82, 2.24) is 19.4 Å². The molecule has 0 spiro atoms. The van der Waals surface area contributed by atoms with Gasteiger partial charge < -0.3 is 9.47 Å². The second kappa shape index (κ2) is 7.89. The number of aromatic nitrogens is 3. The third-order valence-electron chi connectivity index (χ3n) is 5.33. The first-order valence-corrected chi connectivity index (χ1v) is 9.97. The molecule has 4 rings (SSSR count). The molecule has 1 saturated heterocycles. The van der Waals surface area contributed by atoms with Crippen LogP contribution in [0.2, 0.25) is 0 Å². The molecule has 29 heavy (non-hydrogen) atoms. The molecule has 1 fully saturated rings. The molecule has 1 aromatic carbocycles. The number of halogens is 2. The van der Waals surface area contributed by atoms with Gasteiger partial charge in [0.05, 0.1) is 5.56 Å². The Hall–Kier alpha value is -2.83. The third-order valence-corrected chi connectivity index (χ3v) is 5.33. The van der Waals surface area contributed by atoms with Gasteiger partial charge in [0.15, 0.2) is 5.65 Å². The molecule has 0 aliphatic carbocycles. The van der Waals surface area contributed by atoms with E-state index in [2.05, 4.69) is 23.4 Å². The molecule has 152 valence electrons. The molecule has 1 amide bonds. The van der Waals surface area contributed by atoms with Crippen LogP contribution in [-0.2, 0) is 13.0 Å². The number of carbonyl (C=O) groups is 1. The van der Waals surface area contributed by atoms with Gasteiger partial charge in [-0.15, -0.1) is 0 Å². The van der Waals surface area contributed by atoms with E-state index in [0.717, 1.165) is 54.6 Å². The van der Waals surface area contributed by atoms with Crippen LogP contribution in [0.4, 0.5) is 8.78 Å². The van der Waals surface area contributed by atoms with Crippen LogP contribution in [0.15, 0.2) is 36.5 Å². The molecule has 0 saturated carbocycles. The highest BCUT2D eigenvalue weighted by Crippen LogP contribution is 2.25. The van der Waals surface area contributed by atoms with Crippen LogP contribution in [0.5, 0.6) is 0 Å². The smallest absolute Gasteiger partial charge is 0.256 e. The first-order valence-electron chi connectivity index (χ1n) is 9.97. The van der Waals surface area contributed by atoms with Crippen molar-refractivity contribution in [3.63, 3.8) is 0 Å². The first-order chi connectivity index (χ1) is 13.9. The minimum atomic E-state index is -0.690. The molecule has 1 aliphatic heterocycles. The third kappa shape index (κ3) is 3.99. The van der Waals surface area contributed by atoms with E-state index in [1.54, 1.807) is 11.1 Å².